The van der Waals surface area contributed by atoms with Gasteiger partial charge < -0.3 is 0 Å². The molecule has 0 aromatic heterocycles. The SMILES string of the molecule is I[C@@H]1CCCN1I. The zero-order chi connectivity index (χ0) is 5.28. The topological polar surface area (TPSA) is 3.24 Å². The van der Waals surface area contributed by atoms with E-state index in [1.165, 1.54) is 19.4 Å². The van der Waals surface area contributed by atoms with E-state index in [1.54, 1.807) is 0 Å². The molecule has 1 rings (SSSR count). The normalized spacial score (nSPS) is 34.3. The molecular formula is C4H7I2N. The molecule has 0 aromatic rings. The first kappa shape index (κ1) is 6.54. The molecule has 7 heavy (non-hydrogen) atoms. The predicted octanol–water partition coefficient (Wildman–Crippen LogP) is 2.19. The first-order valence-electron chi connectivity index (χ1n) is 2.37. The Kier molecular flexibility index (Phi) is 2.63. The Morgan fingerprint density at radius 1 is 1.57 bits per heavy atom. The second kappa shape index (κ2) is 2.82. The van der Waals surface area contributed by atoms with Crippen LogP contribution in [0.4, 0.5) is 0 Å². The van der Waals surface area contributed by atoms with Crippen LogP contribution in [0.5, 0.6) is 0 Å². The van der Waals surface area contributed by atoms with Crippen LogP contribution < -0.4 is 0 Å². The Morgan fingerprint density at radius 2 is 2.29 bits per heavy atom. The smallest absolute Gasteiger partial charge is 0.0709 e. The van der Waals surface area contributed by atoms with Gasteiger partial charge in [0.2, 0.25) is 0 Å². The highest BCUT2D eigenvalue weighted by atomic mass is 127. The third-order valence-corrected chi connectivity index (χ3v) is 4.63. The third kappa shape index (κ3) is 1.67. The quantitative estimate of drug-likeness (QED) is 0.286. The summed E-state index contributed by atoms with van der Waals surface area (Å²) < 4.78 is 3.16. The van der Waals surface area contributed by atoms with Gasteiger partial charge in [0, 0.05) is 29.4 Å². The van der Waals surface area contributed by atoms with Gasteiger partial charge >= 0.3 is 0 Å². The van der Waals surface area contributed by atoms with E-state index in [-0.39, 0.29) is 0 Å². The van der Waals surface area contributed by atoms with Gasteiger partial charge in [0.05, 0.1) is 4.05 Å². The average molecular weight is 323 g/mol. The number of halogens is 2. The number of hydrogen-bond acceptors (Lipinski definition) is 1. The molecule has 1 aliphatic rings. The summed E-state index contributed by atoms with van der Waals surface area (Å²) in [7, 11) is 0. The second-order valence-corrected chi connectivity index (χ2v) is 4.38. The molecule has 0 bridgehead atoms. The molecule has 1 nitrogen and oxygen atoms in total. The van der Waals surface area contributed by atoms with Crippen molar-refractivity contribution in [1.29, 1.82) is 0 Å². The highest BCUT2D eigenvalue weighted by Gasteiger charge is 2.17. The van der Waals surface area contributed by atoms with Crippen molar-refractivity contribution < 1.29 is 0 Å². The molecular weight excluding hydrogens is 316 g/mol. The van der Waals surface area contributed by atoms with Gasteiger partial charge in [0.25, 0.3) is 0 Å². The van der Waals surface area contributed by atoms with Crippen LogP contribution in [-0.2, 0) is 0 Å². The lowest BCUT2D eigenvalue weighted by atomic mass is 10.4. The highest BCUT2D eigenvalue weighted by Crippen LogP contribution is 2.25. The summed E-state index contributed by atoms with van der Waals surface area (Å²) in [4.78, 5) is 0. The van der Waals surface area contributed by atoms with Gasteiger partial charge in [-0.25, -0.2) is 3.11 Å². The predicted molar refractivity (Wildman–Crippen MR) is 47.8 cm³/mol. The van der Waals surface area contributed by atoms with Crippen LogP contribution in [0.1, 0.15) is 12.8 Å². The van der Waals surface area contributed by atoms with E-state index >= 15 is 0 Å². The largest absolute Gasteiger partial charge is 0.235 e. The molecule has 1 saturated heterocycles. The van der Waals surface area contributed by atoms with Crippen LogP contribution >= 0.6 is 45.5 Å². The van der Waals surface area contributed by atoms with Gasteiger partial charge in [-0.3, -0.25) is 0 Å². The molecule has 1 atom stereocenters. The van der Waals surface area contributed by atoms with Crippen molar-refractivity contribution >= 4 is 45.5 Å². The Bertz CT molecular complexity index is 58.7. The van der Waals surface area contributed by atoms with E-state index in [1.807, 2.05) is 0 Å². The van der Waals surface area contributed by atoms with Crippen LogP contribution in [0.2, 0.25) is 0 Å². The van der Waals surface area contributed by atoms with Crippen LogP contribution in [0.3, 0.4) is 0 Å². The number of hydrogen-bond donors (Lipinski definition) is 0. The minimum Gasteiger partial charge on any atom is -0.235 e. The van der Waals surface area contributed by atoms with E-state index in [0.29, 0.717) is 0 Å². The fourth-order valence-corrected chi connectivity index (χ4v) is 2.03. The van der Waals surface area contributed by atoms with E-state index < -0.39 is 0 Å². The first-order chi connectivity index (χ1) is 3.30. The van der Waals surface area contributed by atoms with E-state index in [4.69, 9.17) is 0 Å². The van der Waals surface area contributed by atoms with Crippen molar-refractivity contribution in [3.8, 4) is 0 Å². The van der Waals surface area contributed by atoms with E-state index in [2.05, 4.69) is 48.6 Å². The lowest BCUT2D eigenvalue weighted by Crippen LogP contribution is -2.10. The van der Waals surface area contributed by atoms with Gasteiger partial charge in [-0.05, 0) is 12.8 Å². The Hall–Kier alpha value is 1.42. The molecule has 0 aromatic carbocycles. The first-order valence-corrected chi connectivity index (χ1v) is 4.58. The molecule has 0 radical (unpaired) electrons. The van der Waals surface area contributed by atoms with E-state index in [0.717, 1.165) is 4.05 Å². The number of alkyl halides is 1. The molecule has 0 spiro atoms. The fraction of sp³-hybridized carbons (Fsp3) is 1.00. The van der Waals surface area contributed by atoms with Crippen LogP contribution in [-0.4, -0.2) is 13.7 Å². The molecule has 1 fully saturated rings. The summed E-state index contributed by atoms with van der Waals surface area (Å²) in [5.74, 6) is 0. The zero-order valence-corrected chi connectivity index (χ0v) is 8.22. The lowest BCUT2D eigenvalue weighted by Gasteiger charge is -2.07. The second-order valence-electron chi connectivity index (χ2n) is 1.70. The molecule has 0 amide bonds. The van der Waals surface area contributed by atoms with Crippen molar-refractivity contribution in [2.24, 2.45) is 0 Å². The Balaban J connectivity index is 2.33. The zero-order valence-electron chi connectivity index (χ0n) is 3.90. The van der Waals surface area contributed by atoms with Crippen molar-refractivity contribution in [1.82, 2.24) is 3.11 Å². The molecule has 0 N–H and O–H groups in total. The Morgan fingerprint density at radius 3 is 2.43 bits per heavy atom. The number of nitrogens with zero attached hydrogens (tertiary/aromatic N) is 1. The maximum Gasteiger partial charge on any atom is 0.0709 e. The van der Waals surface area contributed by atoms with E-state index in [9.17, 15) is 0 Å². The minimum atomic E-state index is 0.804. The van der Waals surface area contributed by atoms with Gasteiger partial charge in [-0.1, -0.05) is 22.6 Å². The van der Waals surface area contributed by atoms with Crippen molar-refractivity contribution in [2.75, 3.05) is 6.54 Å². The molecule has 0 unspecified atom stereocenters. The summed E-state index contributed by atoms with van der Waals surface area (Å²) in [6.07, 6.45) is 2.76. The standard InChI is InChI=1S/C4H7I2N/c5-4-2-1-3-7(4)6/h4H,1-3H2/t4-/m0/s1. The van der Waals surface area contributed by atoms with Crippen molar-refractivity contribution in [2.45, 2.75) is 16.9 Å². The summed E-state index contributed by atoms with van der Waals surface area (Å²) in [5, 5.41) is 0. The van der Waals surface area contributed by atoms with Crippen molar-refractivity contribution in [3.05, 3.63) is 0 Å². The maximum absolute atomic E-state index is 2.48. The maximum atomic E-state index is 2.48. The minimum absolute atomic E-state index is 0.804. The van der Waals surface area contributed by atoms with Crippen LogP contribution in [0, 0.1) is 0 Å². The monoisotopic (exact) mass is 323 g/mol. The summed E-state index contributed by atoms with van der Waals surface area (Å²) in [5.41, 5.74) is 0. The molecule has 0 saturated carbocycles. The molecule has 3 heteroatoms. The summed E-state index contributed by atoms with van der Waals surface area (Å²) >= 11 is 4.86. The molecule has 1 heterocycles. The van der Waals surface area contributed by atoms with Crippen LogP contribution in [0.15, 0.2) is 0 Å². The van der Waals surface area contributed by atoms with Gasteiger partial charge in [0.1, 0.15) is 0 Å². The lowest BCUT2D eigenvalue weighted by molar-refractivity contribution is 0.616. The fourth-order valence-electron chi connectivity index (χ4n) is 0.691. The highest BCUT2D eigenvalue weighted by molar-refractivity contribution is 14.1. The third-order valence-electron chi connectivity index (χ3n) is 1.12. The van der Waals surface area contributed by atoms with Gasteiger partial charge in [-0.2, -0.15) is 0 Å². The average Bonchev–Trinajstić information content (AvgIpc) is 1.91. The molecule has 1 aliphatic heterocycles. The van der Waals surface area contributed by atoms with Gasteiger partial charge in [0.15, 0.2) is 0 Å². The Labute approximate surface area is 71.5 Å². The summed E-state index contributed by atoms with van der Waals surface area (Å²) in [6.45, 7) is 1.29. The van der Waals surface area contributed by atoms with Crippen LogP contribution in [0.25, 0.3) is 0 Å². The molecule has 42 valence electrons. The molecule has 0 aliphatic carbocycles. The summed E-state index contributed by atoms with van der Waals surface area (Å²) in [6, 6.07) is 0. The van der Waals surface area contributed by atoms with Crippen molar-refractivity contribution in [3.63, 3.8) is 0 Å². The number of rotatable bonds is 0. The van der Waals surface area contributed by atoms with Gasteiger partial charge in [-0.15, -0.1) is 0 Å².